The summed E-state index contributed by atoms with van der Waals surface area (Å²) in [6, 6.07) is 6.89. The zero-order valence-corrected chi connectivity index (χ0v) is 13.5. The van der Waals surface area contributed by atoms with E-state index in [1.54, 1.807) is 12.1 Å². The highest BCUT2D eigenvalue weighted by Gasteiger charge is 2.23. The molecule has 7 heteroatoms. The molecule has 1 aromatic heterocycles. The van der Waals surface area contributed by atoms with Crippen LogP contribution in [0.2, 0.25) is 5.02 Å². The van der Waals surface area contributed by atoms with Crippen LogP contribution in [0, 0.1) is 13.8 Å². The maximum absolute atomic E-state index is 12.6. The van der Waals surface area contributed by atoms with Crippen LogP contribution in [-0.2, 0) is 10.0 Å². The molecular formula is C14H16ClN3O2S. The van der Waals surface area contributed by atoms with Crippen LogP contribution in [0.4, 0.5) is 11.5 Å². The smallest absolute Gasteiger partial charge is 0.265 e. The van der Waals surface area contributed by atoms with Gasteiger partial charge in [0.05, 0.1) is 10.7 Å². The Bertz CT molecular complexity index is 771. The van der Waals surface area contributed by atoms with E-state index in [-0.39, 0.29) is 15.7 Å². The molecule has 1 aromatic carbocycles. The van der Waals surface area contributed by atoms with Gasteiger partial charge in [0, 0.05) is 13.2 Å². The van der Waals surface area contributed by atoms with Crippen molar-refractivity contribution < 1.29 is 8.42 Å². The average molecular weight is 326 g/mol. The predicted octanol–water partition coefficient (Wildman–Crippen LogP) is 2.76. The number of nitrogens with two attached hydrogens (primary N) is 1. The van der Waals surface area contributed by atoms with E-state index in [9.17, 15) is 8.42 Å². The summed E-state index contributed by atoms with van der Waals surface area (Å²) in [6.07, 6.45) is 1.20. The lowest BCUT2D eigenvalue weighted by Crippen LogP contribution is -2.27. The zero-order chi connectivity index (χ0) is 15.8. The SMILES string of the molecule is Cc1cc(C)cc(N(C)S(=O)(=O)c2cnc(N)c(Cl)c2)c1. The molecule has 0 radical (unpaired) electrons. The number of hydrogen-bond donors (Lipinski definition) is 1. The summed E-state index contributed by atoms with van der Waals surface area (Å²) in [5.41, 5.74) is 8.06. The number of halogens is 1. The first-order chi connectivity index (χ1) is 9.71. The topological polar surface area (TPSA) is 76.3 Å². The summed E-state index contributed by atoms with van der Waals surface area (Å²) in [4.78, 5) is 3.80. The maximum Gasteiger partial charge on any atom is 0.265 e. The van der Waals surface area contributed by atoms with E-state index < -0.39 is 10.0 Å². The van der Waals surface area contributed by atoms with Gasteiger partial charge in [0.1, 0.15) is 10.7 Å². The van der Waals surface area contributed by atoms with Gasteiger partial charge in [0.15, 0.2) is 0 Å². The summed E-state index contributed by atoms with van der Waals surface area (Å²) in [7, 11) is -2.24. The number of pyridine rings is 1. The van der Waals surface area contributed by atoms with Crippen LogP contribution in [-0.4, -0.2) is 20.4 Å². The number of anilines is 2. The lowest BCUT2D eigenvalue weighted by atomic mass is 10.1. The van der Waals surface area contributed by atoms with E-state index in [0.29, 0.717) is 5.69 Å². The minimum atomic E-state index is -3.73. The second-order valence-electron chi connectivity index (χ2n) is 4.86. The minimum Gasteiger partial charge on any atom is -0.382 e. The fourth-order valence-corrected chi connectivity index (χ4v) is 3.38. The molecule has 0 fully saturated rings. The lowest BCUT2D eigenvalue weighted by molar-refractivity contribution is 0.594. The highest BCUT2D eigenvalue weighted by molar-refractivity contribution is 7.92. The molecule has 0 saturated carbocycles. The quantitative estimate of drug-likeness (QED) is 0.941. The highest BCUT2D eigenvalue weighted by Crippen LogP contribution is 2.26. The summed E-state index contributed by atoms with van der Waals surface area (Å²) < 4.78 is 26.4. The molecule has 2 rings (SSSR count). The van der Waals surface area contributed by atoms with Gasteiger partial charge in [-0.3, -0.25) is 4.31 Å². The first-order valence-electron chi connectivity index (χ1n) is 6.20. The Morgan fingerprint density at radius 2 is 1.71 bits per heavy atom. The van der Waals surface area contributed by atoms with Crippen molar-refractivity contribution in [1.29, 1.82) is 0 Å². The molecule has 0 amide bonds. The Morgan fingerprint density at radius 1 is 1.14 bits per heavy atom. The third-order valence-electron chi connectivity index (χ3n) is 3.07. The number of nitrogen functional groups attached to an aromatic ring is 1. The summed E-state index contributed by atoms with van der Waals surface area (Å²) >= 11 is 5.85. The van der Waals surface area contributed by atoms with Gasteiger partial charge in [-0.25, -0.2) is 13.4 Å². The van der Waals surface area contributed by atoms with E-state index in [2.05, 4.69) is 4.98 Å². The minimum absolute atomic E-state index is 0.00311. The van der Waals surface area contributed by atoms with Crippen LogP contribution in [0.1, 0.15) is 11.1 Å². The highest BCUT2D eigenvalue weighted by atomic mass is 35.5. The molecule has 5 nitrogen and oxygen atoms in total. The molecule has 0 aliphatic rings. The number of nitrogens with zero attached hydrogens (tertiary/aromatic N) is 2. The Balaban J connectivity index is 2.49. The van der Waals surface area contributed by atoms with Gasteiger partial charge in [0.2, 0.25) is 0 Å². The number of aromatic nitrogens is 1. The van der Waals surface area contributed by atoms with Crippen LogP contribution in [0.3, 0.4) is 0 Å². The molecule has 1 heterocycles. The molecule has 0 bridgehead atoms. The largest absolute Gasteiger partial charge is 0.382 e. The van der Waals surface area contributed by atoms with Crippen molar-refractivity contribution in [2.75, 3.05) is 17.1 Å². The van der Waals surface area contributed by atoms with Crippen LogP contribution >= 0.6 is 11.6 Å². The summed E-state index contributed by atoms with van der Waals surface area (Å²) in [5.74, 6) is 0.102. The lowest BCUT2D eigenvalue weighted by Gasteiger charge is -2.20. The third-order valence-corrected chi connectivity index (χ3v) is 5.13. The van der Waals surface area contributed by atoms with Crippen LogP contribution in [0.5, 0.6) is 0 Å². The first kappa shape index (κ1) is 15.6. The molecule has 0 aliphatic heterocycles. The van der Waals surface area contributed by atoms with Gasteiger partial charge in [-0.2, -0.15) is 0 Å². The van der Waals surface area contributed by atoms with E-state index in [0.717, 1.165) is 11.1 Å². The summed E-state index contributed by atoms with van der Waals surface area (Å²) in [6.45, 7) is 3.83. The van der Waals surface area contributed by atoms with Crippen LogP contribution in [0.25, 0.3) is 0 Å². The molecule has 0 aliphatic carbocycles. The Labute approximate surface area is 129 Å². The maximum atomic E-state index is 12.6. The molecule has 0 spiro atoms. The second kappa shape index (κ2) is 5.54. The fraction of sp³-hybridized carbons (Fsp3) is 0.214. The van der Waals surface area contributed by atoms with Gasteiger partial charge in [0.25, 0.3) is 10.0 Å². The van der Waals surface area contributed by atoms with E-state index in [1.165, 1.54) is 23.6 Å². The molecule has 2 aromatic rings. The molecular weight excluding hydrogens is 310 g/mol. The number of hydrogen-bond acceptors (Lipinski definition) is 4. The van der Waals surface area contributed by atoms with Crippen molar-refractivity contribution >= 4 is 33.1 Å². The van der Waals surface area contributed by atoms with Crippen LogP contribution in [0.15, 0.2) is 35.4 Å². The Kier molecular flexibility index (Phi) is 4.11. The molecule has 0 unspecified atom stereocenters. The first-order valence-corrected chi connectivity index (χ1v) is 8.02. The number of sulfonamides is 1. The van der Waals surface area contributed by atoms with Crippen molar-refractivity contribution in [1.82, 2.24) is 4.98 Å². The van der Waals surface area contributed by atoms with Gasteiger partial charge < -0.3 is 5.73 Å². The molecule has 0 atom stereocenters. The Hall–Kier alpha value is -1.79. The zero-order valence-electron chi connectivity index (χ0n) is 12.0. The van der Waals surface area contributed by atoms with Crippen molar-refractivity contribution in [2.24, 2.45) is 0 Å². The van der Waals surface area contributed by atoms with E-state index >= 15 is 0 Å². The molecule has 112 valence electrons. The third kappa shape index (κ3) is 3.11. The monoisotopic (exact) mass is 325 g/mol. The van der Waals surface area contributed by atoms with Crippen LogP contribution < -0.4 is 10.0 Å². The second-order valence-corrected chi connectivity index (χ2v) is 7.23. The van der Waals surface area contributed by atoms with Crippen molar-refractivity contribution in [2.45, 2.75) is 18.7 Å². The van der Waals surface area contributed by atoms with Gasteiger partial charge in [-0.1, -0.05) is 17.7 Å². The van der Waals surface area contributed by atoms with Crippen molar-refractivity contribution in [3.8, 4) is 0 Å². The number of aryl methyl sites for hydroxylation is 2. The predicted molar refractivity (Wildman–Crippen MR) is 85.2 cm³/mol. The summed E-state index contributed by atoms with van der Waals surface area (Å²) in [5, 5.41) is 0.116. The molecule has 2 N–H and O–H groups in total. The van der Waals surface area contributed by atoms with Gasteiger partial charge in [-0.15, -0.1) is 0 Å². The molecule has 0 saturated heterocycles. The van der Waals surface area contributed by atoms with E-state index in [4.69, 9.17) is 17.3 Å². The van der Waals surface area contributed by atoms with E-state index in [1.807, 2.05) is 19.9 Å². The standard InChI is InChI=1S/C14H16ClN3O2S/c1-9-4-10(2)6-11(5-9)18(3)21(19,20)12-7-13(15)14(16)17-8-12/h4-8H,1-3H3,(H2,16,17). The molecule has 21 heavy (non-hydrogen) atoms. The van der Waals surface area contributed by atoms with Crippen molar-refractivity contribution in [3.05, 3.63) is 46.6 Å². The van der Waals surface area contributed by atoms with Gasteiger partial charge in [-0.05, 0) is 43.2 Å². The fourth-order valence-electron chi connectivity index (χ4n) is 2.00. The normalized spacial score (nSPS) is 11.4. The number of benzene rings is 1. The van der Waals surface area contributed by atoms with Crippen molar-refractivity contribution in [3.63, 3.8) is 0 Å². The Morgan fingerprint density at radius 3 is 2.24 bits per heavy atom. The van der Waals surface area contributed by atoms with Gasteiger partial charge >= 0.3 is 0 Å². The number of rotatable bonds is 3. The average Bonchev–Trinajstić information content (AvgIpc) is 2.39.